The maximum absolute atomic E-state index is 10.7. The van der Waals surface area contributed by atoms with Crippen molar-refractivity contribution in [3.63, 3.8) is 0 Å². The minimum absolute atomic E-state index is 0.565. The van der Waals surface area contributed by atoms with Gasteiger partial charge in [-0.2, -0.15) is 0 Å². The Morgan fingerprint density at radius 2 is 1.56 bits per heavy atom. The van der Waals surface area contributed by atoms with Gasteiger partial charge in [-0.25, -0.2) is 12.7 Å². The minimum atomic E-state index is -2.93. The lowest BCUT2D eigenvalue weighted by molar-refractivity contribution is 0.450. The first-order valence-corrected chi connectivity index (χ1v) is 4.82. The van der Waals surface area contributed by atoms with E-state index in [0.717, 1.165) is 0 Å². The number of rotatable bonds is 3. The standard InChI is InChI=1S/C5H13NO2S/c1-4-6(5-2)9(3,7)8/h4-5H2,1-3H3. The van der Waals surface area contributed by atoms with Crippen LogP contribution >= 0.6 is 0 Å². The van der Waals surface area contributed by atoms with Gasteiger partial charge in [0.25, 0.3) is 0 Å². The zero-order valence-corrected chi connectivity index (χ0v) is 6.90. The van der Waals surface area contributed by atoms with Gasteiger partial charge in [-0.1, -0.05) is 13.8 Å². The molecule has 56 valence electrons. The smallest absolute Gasteiger partial charge is 0.211 e. The fourth-order valence-electron chi connectivity index (χ4n) is 0.693. The Labute approximate surface area is 56.7 Å². The SMILES string of the molecule is CCN(CC)S(C)(=O)=O. The third-order valence-electron chi connectivity index (χ3n) is 1.17. The molecule has 0 aromatic carbocycles. The predicted octanol–water partition coefficient (Wildman–Crippen LogP) is 0.288. The summed E-state index contributed by atoms with van der Waals surface area (Å²) < 4.78 is 22.8. The summed E-state index contributed by atoms with van der Waals surface area (Å²) in [7, 11) is -2.93. The van der Waals surface area contributed by atoms with Crippen LogP contribution in [0.5, 0.6) is 0 Å². The highest BCUT2D eigenvalue weighted by Gasteiger charge is 2.09. The van der Waals surface area contributed by atoms with Crippen LogP contribution in [0.3, 0.4) is 0 Å². The van der Waals surface area contributed by atoms with E-state index in [-0.39, 0.29) is 0 Å². The van der Waals surface area contributed by atoms with Crippen molar-refractivity contribution in [1.82, 2.24) is 4.31 Å². The topological polar surface area (TPSA) is 37.4 Å². The van der Waals surface area contributed by atoms with Crippen LogP contribution in [0.2, 0.25) is 0 Å². The highest BCUT2D eigenvalue weighted by atomic mass is 32.2. The molecule has 0 saturated heterocycles. The molecule has 3 nitrogen and oxygen atoms in total. The maximum atomic E-state index is 10.7. The Hall–Kier alpha value is -0.0900. The van der Waals surface area contributed by atoms with E-state index in [2.05, 4.69) is 0 Å². The van der Waals surface area contributed by atoms with Gasteiger partial charge in [0, 0.05) is 13.1 Å². The van der Waals surface area contributed by atoms with Crippen LogP contribution in [-0.2, 0) is 10.0 Å². The van der Waals surface area contributed by atoms with Gasteiger partial charge >= 0.3 is 0 Å². The summed E-state index contributed by atoms with van der Waals surface area (Å²) >= 11 is 0. The van der Waals surface area contributed by atoms with E-state index < -0.39 is 10.0 Å². The van der Waals surface area contributed by atoms with Crippen LogP contribution in [0.4, 0.5) is 0 Å². The molecule has 0 aliphatic heterocycles. The molecule has 9 heavy (non-hydrogen) atoms. The van der Waals surface area contributed by atoms with Crippen LogP contribution in [-0.4, -0.2) is 32.1 Å². The van der Waals surface area contributed by atoms with Crippen molar-refractivity contribution in [2.45, 2.75) is 13.8 Å². The van der Waals surface area contributed by atoms with Gasteiger partial charge < -0.3 is 0 Å². The summed E-state index contributed by atoms with van der Waals surface area (Å²) in [6.07, 6.45) is 1.22. The predicted molar refractivity (Wildman–Crippen MR) is 37.8 cm³/mol. The van der Waals surface area contributed by atoms with E-state index in [4.69, 9.17) is 0 Å². The number of sulfonamides is 1. The van der Waals surface area contributed by atoms with E-state index in [1.807, 2.05) is 13.8 Å². The van der Waals surface area contributed by atoms with Gasteiger partial charge in [-0.3, -0.25) is 0 Å². The highest BCUT2D eigenvalue weighted by molar-refractivity contribution is 7.88. The molecule has 0 aromatic heterocycles. The highest BCUT2D eigenvalue weighted by Crippen LogP contribution is 1.93. The molecule has 0 amide bonds. The van der Waals surface area contributed by atoms with Crippen molar-refractivity contribution in [2.75, 3.05) is 19.3 Å². The maximum Gasteiger partial charge on any atom is 0.211 e. The zero-order chi connectivity index (χ0) is 7.49. The van der Waals surface area contributed by atoms with Crippen molar-refractivity contribution in [3.8, 4) is 0 Å². The van der Waals surface area contributed by atoms with Gasteiger partial charge in [-0.05, 0) is 0 Å². The molecule has 0 aromatic rings. The van der Waals surface area contributed by atoms with E-state index in [1.165, 1.54) is 10.6 Å². The van der Waals surface area contributed by atoms with Gasteiger partial charge in [0.05, 0.1) is 6.26 Å². The van der Waals surface area contributed by atoms with Crippen molar-refractivity contribution >= 4 is 10.0 Å². The lowest BCUT2D eigenvalue weighted by Crippen LogP contribution is -2.29. The normalized spacial score (nSPS) is 12.4. The third kappa shape index (κ3) is 2.81. The van der Waals surface area contributed by atoms with E-state index in [9.17, 15) is 8.42 Å². The fourth-order valence-corrected chi connectivity index (χ4v) is 1.63. The molecule has 0 bridgehead atoms. The van der Waals surface area contributed by atoms with Gasteiger partial charge in [0.2, 0.25) is 10.0 Å². The Bertz CT molecular complexity index is 158. The van der Waals surface area contributed by atoms with E-state index >= 15 is 0 Å². The summed E-state index contributed by atoms with van der Waals surface area (Å²) in [5.41, 5.74) is 0. The summed E-state index contributed by atoms with van der Waals surface area (Å²) in [5, 5.41) is 0. The molecule has 0 aliphatic carbocycles. The molecular formula is C5H13NO2S. The fraction of sp³-hybridized carbons (Fsp3) is 1.00. The quantitative estimate of drug-likeness (QED) is 0.581. The first-order valence-electron chi connectivity index (χ1n) is 2.97. The Balaban J connectivity index is 4.14. The van der Waals surface area contributed by atoms with E-state index in [1.54, 1.807) is 0 Å². The van der Waals surface area contributed by atoms with Crippen LogP contribution in [0.15, 0.2) is 0 Å². The molecular weight excluding hydrogens is 138 g/mol. The van der Waals surface area contributed by atoms with Crippen LogP contribution in [0, 0.1) is 0 Å². The second kappa shape index (κ2) is 3.17. The molecule has 4 heteroatoms. The van der Waals surface area contributed by atoms with Gasteiger partial charge in [0.1, 0.15) is 0 Å². The minimum Gasteiger partial charge on any atom is -0.213 e. The first-order chi connectivity index (χ1) is 4.02. The molecule has 0 N–H and O–H groups in total. The van der Waals surface area contributed by atoms with Gasteiger partial charge in [-0.15, -0.1) is 0 Å². The lowest BCUT2D eigenvalue weighted by atomic mass is 10.7. The monoisotopic (exact) mass is 151 g/mol. The molecule has 0 heterocycles. The Morgan fingerprint density at radius 3 is 1.56 bits per heavy atom. The third-order valence-corrected chi connectivity index (χ3v) is 2.63. The number of hydrogen-bond donors (Lipinski definition) is 0. The summed E-state index contributed by atoms with van der Waals surface area (Å²) in [6.45, 7) is 4.78. The van der Waals surface area contributed by atoms with Crippen LogP contribution < -0.4 is 0 Å². The molecule has 0 atom stereocenters. The van der Waals surface area contributed by atoms with Crippen LogP contribution in [0.1, 0.15) is 13.8 Å². The van der Waals surface area contributed by atoms with Crippen LogP contribution in [0.25, 0.3) is 0 Å². The van der Waals surface area contributed by atoms with E-state index in [0.29, 0.717) is 13.1 Å². The van der Waals surface area contributed by atoms with Crippen molar-refractivity contribution < 1.29 is 8.42 Å². The average molecular weight is 151 g/mol. The number of hydrogen-bond acceptors (Lipinski definition) is 2. The molecule has 0 unspecified atom stereocenters. The summed E-state index contributed by atoms with van der Waals surface area (Å²) in [6, 6.07) is 0. The second-order valence-corrected chi connectivity index (χ2v) is 3.83. The molecule has 0 saturated carbocycles. The summed E-state index contributed by atoms with van der Waals surface area (Å²) in [4.78, 5) is 0. The molecule has 0 fully saturated rings. The second-order valence-electron chi connectivity index (χ2n) is 1.85. The van der Waals surface area contributed by atoms with Crippen molar-refractivity contribution in [3.05, 3.63) is 0 Å². The first kappa shape index (κ1) is 8.91. The molecule has 0 spiro atoms. The van der Waals surface area contributed by atoms with Crippen molar-refractivity contribution in [1.29, 1.82) is 0 Å². The van der Waals surface area contributed by atoms with Gasteiger partial charge in [0.15, 0.2) is 0 Å². The Kier molecular flexibility index (Phi) is 3.14. The summed E-state index contributed by atoms with van der Waals surface area (Å²) in [5.74, 6) is 0. The lowest BCUT2D eigenvalue weighted by Gasteiger charge is -2.13. The molecule has 0 aliphatic rings. The molecule has 0 rings (SSSR count). The average Bonchev–Trinajstić information content (AvgIpc) is 1.65. The molecule has 0 radical (unpaired) electrons. The largest absolute Gasteiger partial charge is 0.213 e. The van der Waals surface area contributed by atoms with Crippen molar-refractivity contribution in [2.24, 2.45) is 0 Å². The number of nitrogens with zero attached hydrogens (tertiary/aromatic N) is 1. The Morgan fingerprint density at radius 1 is 1.22 bits per heavy atom. The zero-order valence-electron chi connectivity index (χ0n) is 6.09.